The third-order valence-electron chi connectivity index (χ3n) is 4.66. The Kier molecular flexibility index (Phi) is 7.97. The van der Waals surface area contributed by atoms with Crippen molar-refractivity contribution in [2.24, 2.45) is 0 Å². The Morgan fingerprint density at radius 3 is 2.50 bits per heavy atom. The summed E-state index contributed by atoms with van der Waals surface area (Å²) in [7, 11) is 0. The van der Waals surface area contributed by atoms with Crippen LogP contribution in [0.5, 0.6) is 11.5 Å². The van der Waals surface area contributed by atoms with Gasteiger partial charge >= 0.3 is 0 Å². The predicted molar refractivity (Wildman–Crippen MR) is 121 cm³/mol. The summed E-state index contributed by atoms with van der Waals surface area (Å²) in [6.45, 7) is 5.43. The minimum atomic E-state index is -0.219. The van der Waals surface area contributed by atoms with Crippen LogP contribution in [0.1, 0.15) is 44.2 Å². The van der Waals surface area contributed by atoms with Gasteiger partial charge in [0.05, 0.1) is 11.5 Å². The van der Waals surface area contributed by atoms with Gasteiger partial charge in [0.2, 0.25) is 0 Å². The van der Waals surface area contributed by atoms with Crippen LogP contribution in [0, 0.1) is 0 Å². The van der Waals surface area contributed by atoms with Crippen LogP contribution < -0.4 is 9.47 Å². The minimum absolute atomic E-state index is 0.199. The summed E-state index contributed by atoms with van der Waals surface area (Å²) in [6, 6.07) is 15.5. The van der Waals surface area contributed by atoms with Crippen LogP contribution >= 0.6 is 11.8 Å². The minimum Gasteiger partial charge on any atom is -0.490 e. The molecule has 5 nitrogen and oxygen atoms in total. The Bertz CT molecular complexity index is 911. The number of carbonyl (C=O) groups excluding carboxylic acids is 2. The fourth-order valence-electron chi connectivity index (χ4n) is 3.10. The molecular weight excluding hydrogens is 398 g/mol. The lowest BCUT2D eigenvalue weighted by molar-refractivity contribution is -0.122. The van der Waals surface area contributed by atoms with Crippen molar-refractivity contribution in [3.63, 3.8) is 0 Å². The van der Waals surface area contributed by atoms with E-state index in [-0.39, 0.29) is 11.1 Å². The molecule has 3 rings (SSSR count). The zero-order chi connectivity index (χ0) is 21.3. The molecule has 1 aliphatic rings. The summed E-state index contributed by atoms with van der Waals surface area (Å²) >= 11 is 0.992. The van der Waals surface area contributed by atoms with Gasteiger partial charge in [0.15, 0.2) is 11.5 Å². The smallest absolute Gasteiger partial charge is 0.293 e. The first kappa shape index (κ1) is 22.0. The van der Waals surface area contributed by atoms with E-state index in [4.69, 9.17) is 9.47 Å². The van der Waals surface area contributed by atoms with Crippen molar-refractivity contribution in [2.45, 2.75) is 39.7 Å². The zero-order valence-electron chi connectivity index (χ0n) is 17.4. The van der Waals surface area contributed by atoms with Crippen molar-refractivity contribution < 1.29 is 19.1 Å². The maximum Gasteiger partial charge on any atom is 0.293 e. The second-order valence-corrected chi connectivity index (χ2v) is 7.95. The molecule has 0 radical (unpaired) electrons. The van der Waals surface area contributed by atoms with E-state index in [9.17, 15) is 9.59 Å². The summed E-state index contributed by atoms with van der Waals surface area (Å²) in [6.07, 6.45) is 4.63. The SMILES string of the molecule is CCCCCN1C(=O)S/C(=C\c2ccc(OCc3ccccc3)c(OCC)c2)C1=O. The highest BCUT2D eigenvalue weighted by atomic mass is 32.2. The van der Waals surface area contributed by atoms with E-state index in [1.54, 1.807) is 6.08 Å². The average Bonchev–Trinajstić information content (AvgIpc) is 3.01. The number of unbranched alkanes of at least 4 members (excludes halogenated alkanes) is 2. The molecule has 2 aromatic rings. The Hall–Kier alpha value is -2.73. The van der Waals surface area contributed by atoms with E-state index >= 15 is 0 Å². The number of hydrogen-bond donors (Lipinski definition) is 0. The molecule has 0 aromatic heterocycles. The quantitative estimate of drug-likeness (QED) is 0.351. The van der Waals surface area contributed by atoms with Gasteiger partial charge in [-0.3, -0.25) is 14.5 Å². The highest BCUT2D eigenvalue weighted by Crippen LogP contribution is 2.35. The van der Waals surface area contributed by atoms with E-state index < -0.39 is 0 Å². The maximum absolute atomic E-state index is 12.6. The average molecular weight is 426 g/mol. The molecule has 0 atom stereocenters. The number of nitrogens with zero attached hydrogens (tertiary/aromatic N) is 1. The fraction of sp³-hybridized carbons (Fsp3) is 0.333. The molecule has 0 unspecified atom stereocenters. The van der Waals surface area contributed by atoms with Gasteiger partial charge in [0.1, 0.15) is 6.61 Å². The molecule has 6 heteroatoms. The first-order valence-corrected chi connectivity index (χ1v) is 11.1. The van der Waals surface area contributed by atoms with Crippen molar-refractivity contribution >= 4 is 29.0 Å². The summed E-state index contributed by atoms with van der Waals surface area (Å²) in [4.78, 5) is 26.6. The number of amides is 2. The Labute approximate surface area is 182 Å². The lowest BCUT2D eigenvalue weighted by Crippen LogP contribution is -2.29. The number of imide groups is 1. The maximum atomic E-state index is 12.6. The standard InChI is InChI=1S/C24H27NO4S/c1-3-5-9-14-25-23(26)22(30-24(25)27)16-19-12-13-20(21(15-19)28-4-2)29-17-18-10-7-6-8-11-18/h6-8,10-13,15-16H,3-5,9,14,17H2,1-2H3/b22-16-. The van der Waals surface area contributed by atoms with Gasteiger partial charge in [-0.05, 0) is 54.4 Å². The molecule has 2 aromatic carbocycles. The monoisotopic (exact) mass is 425 g/mol. The summed E-state index contributed by atoms with van der Waals surface area (Å²) in [5.74, 6) is 1.04. The molecule has 1 fully saturated rings. The molecule has 0 saturated carbocycles. The highest BCUT2D eigenvalue weighted by Gasteiger charge is 2.34. The third-order valence-corrected chi connectivity index (χ3v) is 5.57. The van der Waals surface area contributed by atoms with Crippen LogP contribution in [0.15, 0.2) is 53.4 Å². The summed E-state index contributed by atoms with van der Waals surface area (Å²) in [5.41, 5.74) is 1.87. The molecule has 30 heavy (non-hydrogen) atoms. The first-order valence-electron chi connectivity index (χ1n) is 10.3. The number of thioether (sulfide) groups is 1. The number of rotatable bonds is 10. The van der Waals surface area contributed by atoms with Crippen molar-refractivity contribution in [2.75, 3.05) is 13.2 Å². The van der Waals surface area contributed by atoms with E-state index in [0.717, 1.165) is 42.2 Å². The fourth-order valence-corrected chi connectivity index (χ4v) is 3.97. The van der Waals surface area contributed by atoms with Crippen LogP contribution in [0.4, 0.5) is 4.79 Å². The second kappa shape index (κ2) is 10.9. The van der Waals surface area contributed by atoms with Crippen LogP contribution in [-0.4, -0.2) is 29.2 Å². The van der Waals surface area contributed by atoms with Crippen LogP contribution in [-0.2, 0) is 11.4 Å². The number of hydrogen-bond acceptors (Lipinski definition) is 5. The Balaban J connectivity index is 1.73. The lowest BCUT2D eigenvalue weighted by Gasteiger charge is -2.13. The molecular formula is C24H27NO4S. The van der Waals surface area contributed by atoms with E-state index in [1.165, 1.54) is 4.90 Å². The van der Waals surface area contributed by atoms with Gasteiger partial charge in [-0.15, -0.1) is 0 Å². The normalized spacial score (nSPS) is 15.1. The summed E-state index contributed by atoms with van der Waals surface area (Å²) in [5, 5.41) is -0.199. The molecule has 1 aliphatic heterocycles. The molecule has 2 amide bonds. The van der Waals surface area contributed by atoms with E-state index in [1.807, 2.05) is 55.5 Å². The second-order valence-electron chi connectivity index (χ2n) is 6.95. The first-order chi connectivity index (χ1) is 14.6. The van der Waals surface area contributed by atoms with Crippen LogP contribution in [0.3, 0.4) is 0 Å². The number of carbonyl (C=O) groups is 2. The van der Waals surface area contributed by atoms with Gasteiger partial charge in [0.25, 0.3) is 11.1 Å². The van der Waals surface area contributed by atoms with E-state index in [2.05, 4.69) is 6.92 Å². The van der Waals surface area contributed by atoms with E-state index in [0.29, 0.717) is 36.2 Å². The molecule has 1 saturated heterocycles. The zero-order valence-corrected chi connectivity index (χ0v) is 18.2. The van der Waals surface area contributed by atoms with Gasteiger partial charge < -0.3 is 9.47 Å². The predicted octanol–water partition coefficient (Wildman–Crippen LogP) is 5.89. The topological polar surface area (TPSA) is 55.8 Å². The van der Waals surface area contributed by atoms with Gasteiger partial charge in [-0.1, -0.05) is 56.2 Å². The molecule has 0 spiro atoms. The molecule has 0 aliphatic carbocycles. The largest absolute Gasteiger partial charge is 0.490 e. The molecule has 0 N–H and O–H groups in total. The van der Waals surface area contributed by atoms with Crippen LogP contribution in [0.2, 0.25) is 0 Å². The third kappa shape index (κ3) is 5.66. The summed E-state index contributed by atoms with van der Waals surface area (Å²) < 4.78 is 11.7. The molecule has 1 heterocycles. The molecule has 158 valence electrons. The molecule has 0 bridgehead atoms. The van der Waals surface area contributed by atoms with Crippen LogP contribution in [0.25, 0.3) is 6.08 Å². The van der Waals surface area contributed by atoms with Crippen molar-refractivity contribution in [1.29, 1.82) is 0 Å². The highest BCUT2D eigenvalue weighted by molar-refractivity contribution is 8.18. The number of benzene rings is 2. The lowest BCUT2D eigenvalue weighted by atomic mass is 10.1. The van der Waals surface area contributed by atoms with Crippen molar-refractivity contribution in [3.05, 3.63) is 64.6 Å². The Morgan fingerprint density at radius 1 is 0.967 bits per heavy atom. The number of ether oxygens (including phenoxy) is 2. The van der Waals surface area contributed by atoms with Gasteiger partial charge in [-0.2, -0.15) is 0 Å². The van der Waals surface area contributed by atoms with Crippen molar-refractivity contribution in [3.8, 4) is 11.5 Å². The van der Waals surface area contributed by atoms with Gasteiger partial charge in [-0.25, -0.2) is 0 Å². The van der Waals surface area contributed by atoms with Crippen molar-refractivity contribution in [1.82, 2.24) is 4.90 Å². The Morgan fingerprint density at radius 2 is 1.77 bits per heavy atom. The van der Waals surface area contributed by atoms with Gasteiger partial charge in [0, 0.05) is 6.54 Å².